The van der Waals surface area contributed by atoms with E-state index in [2.05, 4.69) is 5.10 Å². The summed E-state index contributed by atoms with van der Waals surface area (Å²) in [7, 11) is 1.74. The molecule has 1 atom stereocenters. The van der Waals surface area contributed by atoms with E-state index in [1.807, 2.05) is 12.1 Å². The summed E-state index contributed by atoms with van der Waals surface area (Å²) in [5.74, 6) is -1.59. The minimum atomic E-state index is -1.21. The first-order valence-electron chi connectivity index (χ1n) is 11.2. The summed E-state index contributed by atoms with van der Waals surface area (Å²) < 4.78 is 44.7. The molecule has 0 saturated carbocycles. The fourth-order valence-corrected chi connectivity index (χ4v) is 5.36. The number of aryl methyl sites for hydroxylation is 1. The van der Waals surface area contributed by atoms with Crippen molar-refractivity contribution in [1.29, 1.82) is 5.26 Å². The number of halogens is 3. The molecule has 0 bridgehead atoms. The Balaban J connectivity index is 1.60. The summed E-state index contributed by atoms with van der Waals surface area (Å²) in [6.45, 7) is -0.361. The SMILES string of the molecule is Cn1cc2c(n1)COc1c-2cc(C#N)c(-c2c(Cl)c(F)cc3c2C[C@@](CO)(c2ccccc2)O3)c1F. The van der Waals surface area contributed by atoms with Crippen molar-refractivity contribution in [2.45, 2.75) is 18.6 Å². The van der Waals surface area contributed by atoms with Crippen LogP contribution in [0.15, 0.2) is 48.7 Å². The number of rotatable bonds is 3. The summed E-state index contributed by atoms with van der Waals surface area (Å²) in [4.78, 5) is 0. The summed E-state index contributed by atoms with van der Waals surface area (Å²) in [5, 5.41) is 24.3. The molecule has 0 amide bonds. The smallest absolute Gasteiger partial charge is 0.174 e. The summed E-state index contributed by atoms with van der Waals surface area (Å²) in [6.07, 6.45) is 1.82. The van der Waals surface area contributed by atoms with Crippen LogP contribution in [0, 0.1) is 23.0 Å². The molecule has 2 aliphatic heterocycles. The maximum Gasteiger partial charge on any atom is 0.174 e. The van der Waals surface area contributed by atoms with Crippen LogP contribution in [-0.2, 0) is 25.7 Å². The predicted octanol–water partition coefficient (Wildman–Crippen LogP) is 5.27. The monoisotopic (exact) mass is 505 g/mol. The highest BCUT2D eigenvalue weighted by molar-refractivity contribution is 6.34. The van der Waals surface area contributed by atoms with E-state index in [1.54, 1.807) is 42.2 Å². The molecule has 0 spiro atoms. The van der Waals surface area contributed by atoms with Gasteiger partial charge in [-0.05, 0) is 11.6 Å². The Morgan fingerprint density at radius 1 is 1.19 bits per heavy atom. The van der Waals surface area contributed by atoms with E-state index >= 15 is 8.78 Å². The molecule has 3 heterocycles. The Kier molecular flexibility index (Phi) is 5.04. The number of fused-ring (bicyclic) bond motifs is 4. The van der Waals surface area contributed by atoms with Gasteiger partial charge in [0.05, 0.1) is 23.3 Å². The number of hydrogen-bond donors (Lipinski definition) is 1. The maximum absolute atomic E-state index is 16.2. The van der Waals surface area contributed by atoms with Crippen molar-refractivity contribution in [3.05, 3.63) is 87.7 Å². The third kappa shape index (κ3) is 3.13. The van der Waals surface area contributed by atoms with Crippen LogP contribution in [0.2, 0.25) is 5.02 Å². The zero-order valence-corrected chi connectivity index (χ0v) is 19.7. The number of aliphatic hydroxyl groups is 1. The molecule has 6 rings (SSSR count). The minimum Gasteiger partial charge on any atom is -0.483 e. The Morgan fingerprint density at radius 3 is 2.69 bits per heavy atom. The molecule has 0 saturated heterocycles. The van der Waals surface area contributed by atoms with Gasteiger partial charge >= 0.3 is 0 Å². The quantitative estimate of drug-likeness (QED) is 0.410. The van der Waals surface area contributed by atoms with Crippen LogP contribution in [0.25, 0.3) is 22.3 Å². The second kappa shape index (κ2) is 8.05. The lowest BCUT2D eigenvalue weighted by atomic mass is 9.85. The van der Waals surface area contributed by atoms with Crippen molar-refractivity contribution in [2.24, 2.45) is 7.05 Å². The van der Waals surface area contributed by atoms with E-state index in [0.29, 0.717) is 27.9 Å². The molecular weight excluding hydrogens is 488 g/mol. The Labute approximate surface area is 209 Å². The fraction of sp³-hybridized carbons (Fsp3) is 0.185. The van der Waals surface area contributed by atoms with Gasteiger partial charge in [0, 0.05) is 53.5 Å². The molecule has 6 nitrogen and oxygen atoms in total. The Bertz CT molecular complexity index is 1600. The largest absolute Gasteiger partial charge is 0.483 e. The van der Waals surface area contributed by atoms with Crippen LogP contribution in [-0.4, -0.2) is 21.5 Å². The van der Waals surface area contributed by atoms with E-state index in [-0.39, 0.29) is 46.2 Å². The molecule has 0 unspecified atom stereocenters. The van der Waals surface area contributed by atoms with Crippen LogP contribution in [0.5, 0.6) is 11.5 Å². The number of aromatic nitrogens is 2. The van der Waals surface area contributed by atoms with Gasteiger partial charge in [-0.25, -0.2) is 8.78 Å². The van der Waals surface area contributed by atoms with Crippen LogP contribution in [0.1, 0.15) is 22.4 Å². The van der Waals surface area contributed by atoms with Gasteiger partial charge < -0.3 is 14.6 Å². The molecule has 1 aromatic heterocycles. The molecule has 4 aromatic rings. The van der Waals surface area contributed by atoms with Gasteiger partial charge in [0.15, 0.2) is 17.2 Å². The van der Waals surface area contributed by atoms with Crippen LogP contribution in [0.4, 0.5) is 8.78 Å². The summed E-state index contributed by atoms with van der Waals surface area (Å²) in [5.41, 5.74) is 1.31. The molecule has 1 N–H and O–H groups in total. The van der Waals surface area contributed by atoms with E-state index in [1.165, 1.54) is 6.07 Å². The third-order valence-electron chi connectivity index (χ3n) is 6.75. The highest BCUT2D eigenvalue weighted by Gasteiger charge is 2.44. The van der Waals surface area contributed by atoms with Gasteiger partial charge in [0.1, 0.15) is 23.9 Å². The summed E-state index contributed by atoms with van der Waals surface area (Å²) >= 11 is 6.44. The lowest BCUT2D eigenvalue weighted by Crippen LogP contribution is -2.35. The standard InChI is InChI=1S/C27H18ClF2N3O3/c1-33-11-18-16-7-14(10-31)22(25(30)26(16)35-12-20(18)32-33)23-17-9-27(13-34,15-5-3-2-4-6-15)36-21(17)8-19(29)24(23)28/h2-8,11,34H,9,12-13H2,1H3/t27-/m1/s1. The number of ether oxygens (including phenoxy) is 2. The first kappa shape index (κ1) is 22.5. The van der Waals surface area contributed by atoms with Gasteiger partial charge in [0.2, 0.25) is 0 Å². The molecule has 3 aromatic carbocycles. The lowest BCUT2D eigenvalue weighted by Gasteiger charge is -2.27. The normalized spacial score (nSPS) is 17.4. The fourth-order valence-electron chi connectivity index (χ4n) is 5.09. The molecule has 9 heteroatoms. The van der Waals surface area contributed by atoms with Crippen molar-refractivity contribution in [2.75, 3.05) is 6.61 Å². The van der Waals surface area contributed by atoms with Crippen LogP contribution < -0.4 is 9.47 Å². The number of aliphatic hydroxyl groups excluding tert-OH is 1. The van der Waals surface area contributed by atoms with Crippen molar-refractivity contribution < 1.29 is 23.4 Å². The van der Waals surface area contributed by atoms with Crippen molar-refractivity contribution in [3.8, 4) is 39.8 Å². The van der Waals surface area contributed by atoms with Crippen molar-refractivity contribution in [1.82, 2.24) is 9.78 Å². The van der Waals surface area contributed by atoms with Gasteiger partial charge in [-0.15, -0.1) is 0 Å². The number of hydrogen-bond acceptors (Lipinski definition) is 5. The lowest BCUT2D eigenvalue weighted by molar-refractivity contribution is 0.0246. The third-order valence-corrected chi connectivity index (χ3v) is 7.12. The minimum absolute atomic E-state index is 0.00959. The van der Waals surface area contributed by atoms with E-state index in [4.69, 9.17) is 21.1 Å². The summed E-state index contributed by atoms with van der Waals surface area (Å²) in [6, 6.07) is 13.7. The number of nitriles is 1. The molecule has 180 valence electrons. The zero-order valence-electron chi connectivity index (χ0n) is 19.0. The molecule has 0 fully saturated rings. The molecule has 0 radical (unpaired) electrons. The molecular formula is C27H18ClF2N3O3. The number of benzene rings is 3. The van der Waals surface area contributed by atoms with E-state index < -0.39 is 23.8 Å². The highest BCUT2D eigenvalue weighted by Crippen LogP contribution is 2.52. The van der Waals surface area contributed by atoms with Gasteiger partial charge in [-0.2, -0.15) is 10.4 Å². The van der Waals surface area contributed by atoms with Gasteiger partial charge in [-0.3, -0.25) is 4.68 Å². The Morgan fingerprint density at radius 2 is 1.97 bits per heavy atom. The van der Waals surface area contributed by atoms with E-state index in [9.17, 15) is 10.4 Å². The second-order valence-corrected chi connectivity index (χ2v) is 9.25. The maximum atomic E-state index is 16.2. The van der Waals surface area contributed by atoms with Gasteiger partial charge in [-0.1, -0.05) is 41.9 Å². The first-order valence-corrected chi connectivity index (χ1v) is 11.5. The van der Waals surface area contributed by atoms with Gasteiger partial charge in [0.25, 0.3) is 0 Å². The molecule has 2 aliphatic rings. The van der Waals surface area contributed by atoms with Crippen LogP contribution in [0.3, 0.4) is 0 Å². The topological polar surface area (TPSA) is 80.3 Å². The second-order valence-electron chi connectivity index (χ2n) is 8.87. The highest BCUT2D eigenvalue weighted by atomic mass is 35.5. The number of nitrogens with zero attached hydrogens (tertiary/aromatic N) is 3. The molecule has 36 heavy (non-hydrogen) atoms. The van der Waals surface area contributed by atoms with E-state index in [0.717, 1.165) is 6.07 Å². The van der Waals surface area contributed by atoms with Crippen molar-refractivity contribution in [3.63, 3.8) is 0 Å². The molecule has 0 aliphatic carbocycles. The predicted molar refractivity (Wildman–Crippen MR) is 128 cm³/mol. The average Bonchev–Trinajstić information content (AvgIpc) is 3.46. The first-order chi connectivity index (χ1) is 17.4. The zero-order chi connectivity index (χ0) is 25.2. The average molecular weight is 506 g/mol. The van der Waals surface area contributed by atoms with Crippen molar-refractivity contribution >= 4 is 11.6 Å². The Hall–Kier alpha value is -3.93. The van der Waals surface area contributed by atoms with Crippen LogP contribution >= 0.6 is 11.6 Å².